The number of nitriles is 1. The van der Waals surface area contributed by atoms with Crippen LogP contribution in [0.5, 0.6) is 11.5 Å². The van der Waals surface area contributed by atoms with E-state index >= 15 is 0 Å². The fraction of sp³-hybridized carbons (Fsp3) is 0.286. The Hall–Kier alpha value is -4.02. The third kappa shape index (κ3) is 4.17. The van der Waals surface area contributed by atoms with Crippen molar-refractivity contribution in [3.05, 3.63) is 75.5 Å². The summed E-state index contributed by atoms with van der Waals surface area (Å²) in [6.07, 6.45) is 0. The van der Waals surface area contributed by atoms with Crippen LogP contribution in [-0.4, -0.2) is 23.8 Å². The SMILES string of the molecule is COCc1c(C)nc2c(c1C)c(C#N)c(N)n2-c1c(C)ccc(OCc2ccc(OC)cc2)c1C. The van der Waals surface area contributed by atoms with E-state index in [9.17, 15) is 5.26 Å². The zero-order chi connectivity index (χ0) is 25.3. The Kier molecular flexibility index (Phi) is 6.68. The van der Waals surface area contributed by atoms with Crippen molar-refractivity contribution in [3.63, 3.8) is 0 Å². The molecule has 0 saturated carbocycles. The molecule has 7 nitrogen and oxygen atoms in total. The summed E-state index contributed by atoms with van der Waals surface area (Å²) in [7, 11) is 3.30. The number of nitrogens with zero attached hydrogens (tertiary/aromatic N) is 3. The van der Waals surface area contributed by atoms with Crippen LogP contribution in [0.1, 0.15) is 39.1 Å². The molecule has 0 atom stereocenters. The van der Waals surface area contributed by atoms with Crippen molar-refractivity contribution < 1.29 is 14.2 Å². The molecule has 0 unspecified atom stereocenters. The van der Waals surface area contributed by atoms with E-state index < -0.39 is 0 Å². The average Bonchev–Trinajstić information content (AvgIpc) is 3.12. The van der Waals surface area contributed by atoms with Gasteiger partial charge in [-0.1, -0.05) is 18.2 Å². The Labute approximate surface area is 205 Å². The topological polar surface area (TPSA) is 95.3 Å². The fourth-order valence-corrected chi connectivity index (χ4v) is 4.58. The maximum absolute atomic E-state index is 10.00. The molecule has 180 valence electrons. The van der Waals surface area contributed by atoms with Crippen LogP contribution in [0.25, 0.3) is 16.7 Å². The first-order chi connectivity index (χ1) is 16.8. The molecule has 4 aromatic rings. The van der Waals surface area contributed by atoms with Gasteiger partial charge in [-0.3, -0.25) is 4.57 Å². The van der Waals surface area contributed by atoms with Gasteiger partial charge in [-0.2, -0.15) is 5.26 Å². The van der Waals surface area contributed by atoms with E-state index in [4.69, 9.17) is 24.9 Å². The van der Waals surface area contributed by atoms with Gasteiger partial charge in [-0.05, 0) is 62.6 Å². The minimum absolute atomic E-state index is 0.366. The van der Waals surface area contributed by atoms with Gasteiger partial charge in [0.2, 0.25) is 0 Å². The van der Waals surface area contributed by atoms with Crippen LogP contribution in [0, 0.1) is 39.0 Å². The predicted octanol–water partition coefficient (Wildman–Crippen LogP) is 5.45. The molecule has 0 aliphatic carbocycles. The summed E-state index contributed by atoms with van der Waals surface area (Å²) in [5.41, 5.74) is 14.3. The lowest BCUT2D eigenvalue weighted by atomic mass is 10.0. The standard InChI is InChI=1S/C28H30N4O3/c1-16-7-12-24(35-14-20-8-10-21(34-6)11-9-20)18(3)26(16)32-27(30)22(13-29)25-17(2)23(15-33-5)19(4)31-28(25)32/h7-12H,14-15,30H2,1-6H3. The van der Waals surface area contributed by atoms with Gasteiger partial charge in [0.15, 0.2) is 0 Å². The van der Waals surface area contributed by atoms with Crippen LogP contribution in [0.4, 0.5) is 5.82 Å². The van der Waals surface area contributed by atoms with Gasteiger partial charge in [0.05, 0.1) is 19.4 Å². The average molecular weight is 471 g/mol. The molecule has 0 spiro atoms. The maximum Gasteiger partial charge on any atom is 0.148 e. The minimum Gasteiger partial charge on any atom is -0.497 e. The van der Waals surface area contributed by atoms with E-state index in [2.05, 4.69) is 6.07 Å². The molecule has 35 heavy (non-hydrogen) atoms. The highest BCUT2D eigenvalue weighted by atomic mass is 16.5. The van der Waals surface area contributed by atoms with Gasteiger partial charge < -0.3 is 19.9 Å². The molecule has 2 N–H and O–H groups in total. The number of ether oxygens (including phenoxy) is 3. The molecule has 0 radical (unpaired) electrons. The number of pyridine rings is 1. The first kappa shape index (κ1) is 24.1. The Balaban J connectivity index is 1.85. The minimum atomic E-state index is 0.366. The molecule has 2 aromatic heterocycles. The smallest absolute Gasteiger partial charge is 0.148 e. The first-order valence-corrected chi connectivity index (χ1v) is 11.4. The van der Waals surface area contributed by atoms with Gasteiger partial charge >= 0.3 is 0 Å². The first-order valence-electron chi connectivity index (χ1n) is 11.4. The van der Waals surface area contributed by atoms with Crippen LogP contribution in [0.2, 0.25) is 0 Å². The fourth-order valence-electron chi connectivity index (χ4n) is 4.58. The van der Waals surface area contributed by atoms with Crippen molar-refractivity contribution in [2.75, 3.05) is 20.0 Å². The lowest BCUT2D eigenvalue weighted by Gasteiger charge is -2.18. The number of benzene rings is 2. The highest BCUT2D eigenvalue weighted by Crippen LogP contribution is 2.38. The molecule has 0 saturated heterocycles. The third-order valence-electron chi connectivity index (χ3n) is 6.48. The second-order valence-corrected chi connectivity index (χ2v) is 8.63. The number of aromatic nitrogens is 2. The van der Waals surface area contributed by atoms with Crippen molar-refractivity contribution in [1.29, 1.82) is 5.26 Å². The molecule has 0 aliphatic heterocycles. The summed E-state index contributed by atoms with van der Waals surface area (Å²) in [5, 5.41) is 10.8. The van der Waals surface area contributed by atoms with Crippen molar-refractivity contribution in [3.8, 4) is 23.3 Å². The second-order valence-electron chi connectivity index (χ2n) is 8.63. The molecule has 7 heteroatoms. The number of nitrogens with two attached hydrogens (primary N) is 1. The molecule has 4 rings (SSSR count). The van der Waals surface area contributed by atoms with E-state index in [0.29, 0.717) is 30.2 Å². The molecule has 0 fully saturated rings. The van der Waals surface area contributed by atoms with Crippen molar-refractivity contribution in [2.45, 2.75) is 40.9 Å². The molecular weight excluding hydrogens is 440 g/mol. The molecule has 0 amide bonds. The highest BCUT2D eigenvalue weighted by molar-refractivity contribution is 5.95. The summed E-state index contributed by atoms with van der Waals surface area (Å²) >= 11 is 0. The molecule has 0 bridgehead atoms. The summed E-state index contributed by atoms with van der Waals surface area (Å²) in [5.74, 6) is 1.91. The lowest BCUT2D eigenvalue weighted by molar-refractivity contribution is 0.183. The van der Waals surface area contributed by atoms with Crippen molar-refractivity contribution in [2.24, 2.45) is 0 Å². The van der Waals surface area contributed by atoms with Crippen LogP contribution < -0.4 is 15.2 Å². The monoisotopic (exact) mass is 470 g/mol. The third-order valence-corrected chi connectivity index (χ3v) is 6.48. The quantitative estimate of drug-likeness (QED) is 0.386. The van der Waals surface area contributed by atoms with E-state index in [-0.39, 0.29) is 0 Å². The van der Waals surface area contributed by atoms with E-state index in [1.165, 1.54) is 0 Å². The van der Waals surface area contributed by atoms with Crippen molar-refractivity contribution in [1.82, 2.24) is 9.55 Å². The Morgan fingerprint density at radius 1 is 0.971 bits per heavy atom. The predicted molar refractivity (Wildman–Crippen MR) is 137 cm³/mol. The lowest BCUT2D eigenvalue weighted by Crippen LogP contribution is -2.08. The van der Waals surface area contributed by atoms with Crippen LogP contribution in [0.15, 0.2) is 36.4 Å². The van der Waals surface area contributed by atoms with Crippen LogP contribution in [-0.2, 0) is 18.0 Å². The van der Waals surface area contributed by atoms with Gasteiger partial charge in [-0.15, -0.1) is 0 Å². The number of hydrogen-bond donors (Lipinski definition) is 1. The number of nitrogen functional groups attached to an aromatic ring is 1. The van der Waals surface area contributed by atoms with Gasteiger partial charge in [-0.25, -0.2) is 4.98 Å². The Morgan fingerprint density at radius 3 is 2.31 bits per heavy atom. The molecular formula is C28H30N4O3. The summed E-state index contributed by atoms with van der Waals surface area (Å²) in [6, 6.07) is 14.0. The van der Waals surface area contributed by atoms with E-state index in [1.54, 1.807) is 14.2 Å². The number of aryl methyl sites for hydroxylation is 3. The summed E-state index contributed by atoms with van der Waals surface area (Å²) in [4.78, 5) is 4.88. The van der Waals surface area contributed by atoms with E-state index in [1.807, 2.05) is 68.7 Å². The second kappa shape index (κ2) is 9.69. The highest BCUT2D eigenvalue weighted by Gasteiger charge is 2.24. The van der Waals surface area contributed by atoms with Gasteiger partial charge in [0, 0.05) is 29.3 Å². The Bertz CT molecular complexity index is 1450. The number of rotatable bonds is 7. The van der Waals surface area contributed by atoms with Crippen molar-refractivity contribution >= 4 is 16.9 Å². The van der Waals surface area contributed by atoms with Crippen LogP contribution in [0.3, 0.4) is 0 Å². The van der Waals surface area contributed by atoms with Gasteiger partial charge in [0.25, 0.3) is 0 Å². The molecule has 2 aromatic carbocycles. The maximum atomic E-state index is 10.00. The number of methoxy groups -OCH3 is 2. The van der Waals surface area contributed by atoms with E-state index in [0.717, 1.165) is 56.1 Å². The number of hydrogen-bond acceptors (Lipinski definition) is 6. The molecule has 2 heterocycles. The zero-order valence-corrected chi connectivity index (χ0v) is 21.0. The summed E-state index contributed by atoms with van der Waals surface area (Å²) in [6.45, 7) is 8.80. The summed E-state index contributed by atoms with van der Waals surface area (Å²) < 4.78 is 18.7. The molecule has 0 aliphatic rings. The normalized spacial score (nSPS) is 11.0. The number of fused-ring (bicyclic) bond motifs is 1. The Morgan fingerprint density at radius 2 is 1.69 bits per heavy atom. The largest absolute Gasteiger partial charge is 0.497 e. The van der Waals surface area contributed by atoms with Gasteiger partial charge in [0.1, 0.15) is 41.2 Å². The number of anilines is 1. The zero-order valence-electron chi connectivity index (χ0n) is 21.0. The van der Waals surface area contributed by atoms with Crippen LogP contribution >= 0.6 is 0 Å².